The largest absolute Gasteiger partial charge is 0.438 e. The Hall–Kier alpha value is -2.68. The summed E-state index contributed by atoms with van der Waals surface area (Å²) in [5, 5.41) is 6.75. The van der Waals surface area contributed by atoms with Gasteiger partial charge in [-0.25, -0.2) is 9.78 Å². The van der Waals surface area contributed by atoms with Crippen molar-refractivity contribution in [2.24, 2.45) is 11.7 Å². The highest BCUT2D eigenvalue weighted by atomic mass is 32.1. The highest BCUT2D eigenvalue weighted by molar-refractivity contribution is 7.22. The summed E-state index contributed by atoms with van der Waals surface area (Å²) >= 11 is 1.31. The summed E-state index contributed by atoms with van der Waals surface area (Å²) in [7, 11) is 0. The minimum atomic E-state index is -0.907. The summed E-state index contributed by atoms with van der Waals surface area (Å²) in [6.07, 6.45) is 0.0215. The van der Waals surface area contributed by atoms with Crippen LogP contribution in [0.5, 0.6) is 0 Å². The molecule has 8 nitrogen and oxygen atoms in total. The van der Waals surface area contributed by atoms with Gasteiger partial charge >= 0.3 is 6.09 Å². The van der Waals surface area contributed by atoms with Crippen LogP contribution in [-0.4, -0.2) is 26.3 Å². The Morgan fingerprint density at radius 2 is 2.22 bits per heavy atom. The first-order valence-electron chi connectivity index (χ1n) is 6.95. The summed E-state index contributed by atoms with van der Waals surface area (Å²) in [5.74, 6) is 0.194. The third-order valence-corrected chi connectivity index (χ3v) is 4.44. The topological polar surface area (TPSA) is 127 Å². The first-order chi connectivity index (χ1) is 11.0. The number of thiophene rings is 1. The first-order valence-corrected chi connectivity index (χ1v) is 7.77. The second kappa shape index (κ2) is 5.84. The number of hydrogen-bond donors (Lipinski definition) is 3. The predicted molar refractivity (Wildman–Crippen MR) is 86.1 cm³/mol. The molecule has 23 heavy (non-hydrogen) atoms. The molecule has 0 aliphatic heterocycles. The van der Waals surface area contributed by atoms with Crippen LogP contribution < -0.4 is 11.3 Å². The number of H-pyrrole nitrogens is 2. The molecule has 0 saturated carbocycles. The van der Waals surface area contributed by atoms with E-state index in [1.807, 2.05) is 19.9 Å². The molecule has 4 N–H and O–H groups in total. The van der Waals surface area contributed by atoms with Gasteiger partial charge in [-0.15, -0.1) is 11.3 Å². The second-order valence-corrected chi connectivity index (χ2v) is 6.40. The van der Waals surface area contributed by atoms with Crippen molar-refractivity contribution in [3.05, 3.63) is 34.5 Å². The molecule has 3 aromatic rings. The quantitative estimate of drug-likeness (QED) is 0.674. The predicted octanol–water partition coefficient (Wildman–Crippen LogP) is 2.17. The summed E-state index contributed by atoms with van der Waals surface area (Å²) in [6, 6.07) is 3.61. The van der Waals surface area contributed by atoms with Gasteiger partial charge in [0, 0.05) is 6.20 Å². The zero-order valence-electron chi connectivity index (χ0n) is 12.5. The van der Waals surface area contributed by atoms with Crippen molar-refractivity contribution in [2.45, 2.75) is 20.0 Å². The number of aromatic amines is 2. The molecule has 1 amide bonds. The minimum absolute atomic E-state index is 0.0891. The average molecular weight is 333 g/mol. The van der Waals surface area contributed by atoms with Crippen LogP contribution in [0.1, 0.15) is 25.8 Å². The molecule has 0 aromatic carbocycles. The Kier molecular flexibility index (Phi) is 3.87. The van der Waals surface area contributed by atoms with Crippen molar-refractivity contribution in [3.63, 3.8) is 0 Å². The van der Waals surface area contributed by atoms with Gasteiger partial charge in [0.15, 0.2) is 11.9 Å². The third kappa shape index (κ3) is 2.95. The lowest BCUT2D eigenvalue weighted by atomic mass is 10.1. The van der Waals surface area contributed by atoms with Crippen LogP contribution in [0.25, 0.3) is 20.8 Å². The van der Waals surface area contributed by atoms with Crippen LogP contribution in [0.3, 0.4) is 0 Å². The smallest absolute Gasteiger partial charge is 0.405 e. The zero-order chi connectivity index (χ0) is 16.6. The second-order valence-electron chi connectivity index (χ2n) is 5.35. The number of fused-ring (bicyclic) bond motifs is 1. The van der Waals surface area contributed by atoms with Crippen LogP contribution in [0.4, 0.5) is 4.79 Å². The van der Waals surface area contributed by atoms with Gasteiger partial charge in [-0.2, -0.15) is 5.10 Å². The summed E-state index contributed by atoms with van der Waals surface area (Å²) in [6.45, 7) is 3.70. The van der Waals surface area contributed by atoms with Gasteiger partial charge in [0.25, 0.3) is 5.56 Å². The molecular formula is C14H15N5O3S. The Balaban J connectivity index is 2.09. The summed E-state index contributed by atoms with van der Waals surface area (Å²) < 4.78 is 5.57. The van der Waals surface area contributed by atoms with Crippen LogP contribution in [0, 0.1) is 5.92 Å². The molecule has 3 rings (SSSR count). The molecule has 0 aliphatic carbocycles. The number of nitrogens with two attached hydrogens (primary N) is 1. The van der Waals surface area contributed by atoms with E-state index in [4.69, 9.17) is 10.5 Å². The molecule has 0 bridgehead atoms. The number of aromatic nitrogens is 4. The highest BCUT2D eigenvalue weighted by Gasteiger charge is 2.23. The lowest BCUT2D eigenvalue weighted by Crippen LogP contribution is -2.24. The molecular weight excluding hydrogens is 318 g/mol. The SMILES string of the molecule is CC(C)C(OC(N)=O)c1nc2cc(-c3ccn[nH]3)sc2c(=O)[nH]1. The van der Waals surface area contributed by atoms with Crippen LogP contribution in [-0.2, 0) is 4.74 Å². The number of rotatable bonds is 4. The van der Waals surface area contributed by atoms with Crippen LogP contribution in [0.2, 0.25) is 0 Å². The molecule has 1 atom stereocenters. The number of carbonyl (C=O) groups is 1. The molecule has 3 aromatic heterocycles. The molecule has 0 radical (unpaired) electrons. The maximum atomic E-state index is 12.3. The van der Waals surface area contributed by atoms with Crippen molar-refractivity contribution in [3.8, 4) is 10.6 Å². The fourth-order valence-corrected chi connectivity index (χ4v) is 3.22. The average Bonchev–Trinajstić information content (AvgIpc) is 3.12. The van der Waals surface area contributed by atoms with Gasteiger partial charge in [0.05, 0.1) is 16.1 Å². The maximum absolute atomic E-state index is 12.3. The summed E-state index contributed by atoms with van der Waals surface area (Å²) in [5.41, 5.74) is 6.17. The molecule has 0 aliphatic rings. The standard InChI is InChI=1S/C14H15N5O3S/c1-6(2)10(22-14(15)21)12-17-8-5-9(7-3-4-16-19-7)23-11(8)13(20)18-12/h3-6,10H,1-2H3,(H2,15,21)(H,16,19)(H,17,18,20). The molecule has 120 valence electrons. The van der Waals surface area contributed by atoms with E-state index < -0.39 is 12.2 Å². The van der Waals surface area contributed by atoms with E-state index in [9.17, 15) is 9.59 Å². The maximum Gasteiger partial charge on any atom is 0.405 e. The molecule has 0 fully saturated rings. The van der Waals surface area contributed by atoms with Gasteiger partial charge < -0.3 is 15.5 Å². The van der Waals surface area contributed by atoms with Crippen molar-refractivity contribution in [1.82, 2.24) is 20.2 Å². The van der Waals surface area contributed by atoms with Crippen molar-refractivity contribution in [1.29, 1.82) is 0 Å². The fraction of sp³-hybridized carbons (Fsp3) is 0.286. The molecule has 3 heterocycles. The van der Waals surface area contributed by atoms with E-state index in [1.54, 1.807) is 12.3 Å². The van der Waals surface area contributed by atoms with E-state index in [2.05, 4.69) is 20.2 Å². The lowest BCUT2D eigenvalue weighted by Gasteiger charge is -2.19. The fourth-order valence-electron chi connectivity index (χ4n) is 2.25. The van der Waals surface area contributed by atoms with Gasteiger partial charge in [-0.05, 0) is 18.1 Å². The molecule has 9 heteroatoms. The molecule has 0 saturated heterocycles. The highest BCUT2D eigenvalue weighted by Crippen LogP contribution is 2.30. The normalized spacial score (nSPS) is 12.7. The number of carbonyl (C=O) groups excluding carboxylic acids is 1. The Morgan fingerprint density at radius 1 is 1.43 bits per heavy atom. The number of amides is 1. The third-order valence-electron chi connectivity index (χ3n) is 3.29. The van der Waals surface area contributed by atoms with Gasteiger partial charge in [-0.3, -0.25) is 9.89 Å². The van der Waals surface area contributed by atoms with Gasteiger partial charge in [-0.1, -0.05) is 13.8 Å². The van der Waals surface area contributed by atoms with Gasteiger partial charge in [0.2, 0.25) is 0 Å². The van der Waals surface area contributed by atoms with E-state index in [0.717, 1.165) is 10.6 Å². The Labute approximate surface area is 134 Å². The number of hydrogen-bond acceptors (Lipinski definition) is 6. The van der Waals surface area contributed by atoms with E-state index in [1.165, 1.54) is 11.3 Å². The number of primary amides is 1. The monoisotopic (exact) mass is 333 g/mol. The van der Waals surface area contributed by atoms with Gasteiger partial charge in [0.1, 0.15) is 4.70 Å². The van der Waals surface area contributed by atoms with Crippen molar-refractivity contribution >= 4 is 27.6 Å². The number of nitrogens with zero attached hydrogens (tertiary/aromatic N) is 2. The van der Waals surface area contributed by atoms with Crippen molar-refractivity contribution < 1.29 is 9.53 Å². The molecule has 1 unspecified atom stereocenters. The summed E-state index contributed by atoms with van der Waals surface area (Å²) in [4.78, 5) is 31.3. The zero-order valence-corrected chi connectivity index (χ0v) is 13.3. The lowest BCUT2D eigenvalue weighted by molar-refractivity contribution is 0.0728. The minimum Gasteiger partial charge on any atom is -0.438 e. The van der Waals surface area contributed by atoms with E-state index >= 15 is 0 Å². The van der Waals surface area contributed by atoms with E-state index in [0.29, 0.717) is 10.2 Å². The number of ether oxygens (including phenoxy) is 1. The Bertz CT molecular complexity index is 897. The molecule has 0 spiro atoms. The van der Waals surface area contributed by atoms with Crippen LogP contribution >= 0.6 is 11.3 Å². The number of nitrogens with one attached hydrogen (secondary N) is 2. The van der Waals surface area contributed by atoms with Crippen molar-refractivity contribution in [2.75, 3.05) is 0 Å². The first kappa shape index (κ1) is 15.2. The van der Waals surface area contributed by atoms with Crippen LogP contribution in [0.15, 0.2) is 23.1 Å². The Morgan fingerprint density at radius 3 is 2.83 bits per heavy atom. The van der Waals surface area contributed by atoms with E-state index in [-0.39, 0.29) is 17.3 Å².